The van der Waals surface area contributed by atoms with E-state index in [0.29, 0.717) is 0 Å². The van der Waals surface area contributed by atoms with Crippen molar-refractivity contribution in [1.82, 2.24) is 27.4 Å². The fourth-order valence-electron chi connectivity index (χ4n) is 24.2. The van der Waals surface area contributed by atoms with Crippen molar-refractivity contribution in [3.8, 4) is 67.5 Å². The zero-order valence-corrected chi connectivity index (χ0v) is 79.4. The molecule has 0 unspecified atom stereocenters. The Morgan fingerprint density at radius 2 is 0.401 bits per heavy atom. The van der Waals surface area contributed by atoms with E-state index in [1.807, 2.05) is 18.2 Å². The number of aromatic nitrogens is 6. The molecular weight excluding hydrogens is 1790 g/mol. The van der Waals surface area contributed by atoms with Gasteiger partial charge in [-0.25, -0.2) is 0 Å². The summed E-state index contributed by atoms with van der Waals surface area (Å²) in [6.07, 6.45) is 0. The maximum Gasteiger partial charge on any atom is 0.145 e. The van der Waals surface area contributed by atoms with Crippen LogP contribution in [-0.4, -0.2) is 27.4 Å². The van der Waals surface area contributed by atoms with Crippen LogP contribution < -0.4 is 0 Å². The van der Waals surface area contributed by atoms with E-state index in [1.165, 1.54) is 203 Å². The highest BCUT2D eigenvalue weighted by Gasteiger charge is 2.27. The van der Waals surface area contributed by atoms with Crippen LogP contribution in [0.3, 0.4) is 0 Å². The molecule has 684 valence electrons. The second-order valence-electron chi connectivity index (χ2n) is 38.9. The van der Waals surface area contributed by atoms with E-state index >= 15 is 0 Å². The van der Waals surface area contributed by atoms with E-state index < -0.39 is 0 Å². The van der Waals surface area contributed by atoms with Crippen molar-refractivity contribution in [3.05, 3.63) is 510 Å². The van der Waals surface area contributed by atoms with Gasteiger partial charge in [-0.1, -0.05) is 291 Å². The first-order valence-electron chi connectivity index (χ1n) is 50.3. The lowest BCUT2D eigenvalue weighted by Crippen LogP contribution is -1.94. The van der Waals surface area contributed by atoms with Crippen LogP contribution >= 0.6 is 0 Å². The molecule has 24 aromatic carbocycles. The van der Waals surface area contributed by atoms with E-state index in [4.69, 9.17) is 13.3 Å². The van der Waals surface area contributed by atoms with Crippen LogP contribution in [0.25, 0.3) is 296 Å². The molecule has 33 rings (SSSR count). The highest BCUT2D eigenvalue weighted by molar-refractivity contribution is 6.29. The fourth-order valence-corrected chi connectivity index (χ4v) is 24.2. The molecule has 0 saturated heterocycles. The molecule has 0 spiro atoms. The minimum Gasteiger partial charge on any atom is -0.456 e. The van der Waals surface area contributed by atoms with Crippen LogP contribution in [0.5, 0.6) is 0 Å². The molecule has 0 radical (unpaired) electrons. The van der Waals surface area contributed by atoms with Gasteiger partial charge in [-0.05, 0) is 284 Å². The number of fused-ring (bicyclic) bond motifs is 32. The Labute approximate surface area is 840 Å². The summed E-state index contributed by atoms with van der Waals surface area (Å²) in [6, 6.07) is 184. The van der Waals surface area contributed by atoms with Crippen molar-refractivity contribution in [3.63, 3.8) is 0 Å². The van der Waals surface area contributed by atoms with E-state index in [1.54, 1.807) is 0 Å². The van der Waals surface area contributed by atoms with Crippen LogP contribution in [0.1, 0.15) is 0 Å². The van der Waals surface area contributed by atoms with Crippen LogP contribution in [0.4, 0.5) is 0 Å². The second kappa shape index (κ2) is 32.4. The van der Waals surface area contributed by atoms with Gasteiger partial charge in [0.2, 0.25) is 0 Å². The third-order valence-corrected chi connectivity index (χ3v) is 30.8. The van der Waals surface area contributed by atoms with Gasteiger partial charge < -0.3 is 40.7 Å². The number of benzene rings is 24. The molecule has 0 N–H and O–H groups in total. The Morgan fingerprint density at radius 1 is 0.116 bits per heavy atom. The third-order valence-electron chi connectivity index (χ3n) is 30.8. The van der Waals surface area contributed by atoms with Gasteiger partial charge in [-0.2, -0.15) is 0 Å². The standard InChI is InChI=1S/3C46H28N2O/c1-2-12-33(13-3-1)47-42-24-20-32(28-39(42)45-43(47)25-22-37-36-15-7-9-17-44(36)49-46(37)45)31-19-23-41-38(27-31)35-14-6-8-16-40(35)48(41)34-21-18-29-10-4-5-11-30(29)26-34;1-2-12-33(13-3-1)47-43-23-20-32(26-38(43)39-28-46-40(27-44(39)47)36-15-7-9-17-45(36)49-46)31-19-22-42-37(25-31)35-14-6-8-16-41(35)48(42)34-21-18-29-10-4-5-11-30(29)24-34;1-2-12-33(13-3-1)47-41-23-20-32(28-38(41)45-42(47)24-25-44-46(45)36-15-7-9-17-43(36)49-44)31-19-22-40-37(27-31)35-14-6-8-16-39(35)48(40)34-21-18-29-10-4-5-11-30(29)26-34/h3*1-28H. The molecule has 0 fully saturated rings. The smallest absolute Gasteiger partial charge is 0.145 e. The monoisotopic (exact) mass is 1870 g/mol. The molecule has 9 nitrogen and oxygen atoms in total. The summed E-state index contributed by atoms with van der Waals surface area (Å²) in [7, 11) is 0. The fraction of sp³-hybridized carbons (Fsp3) is 0. The maximum absolute atomic E-state index is 6.63. The van der Waals surface area contributed by atoms with Crippen LogP contribution in [-0.2, 0) is 0 Å². The highest BCUT2D eigenvalue weighted by Crippen LogP contribution is 2.49. The zero-order chi connectivity index (χ0) is 96.2. The summed E-state index contributed by atoms with van der Waals surface area (Å²) in [4.78, 5) is 0. The van der Waals surface area contributed by atoms with E-state index in [0.717, 1.165) is 93.9 Å². The molecule has 33 aromatic rings. The number of furan rings is 3. The first kappa shape index (κ1) is 82.0. The normalized spacial score (nSPS) is 12.1. The maximum atomic E-state index is 6.63. The molecule has 0 bridgehead atoms. The number of hydrogen-bond acceptors (Lipinski definition) is 3. The molecular formula is C138H84N6O3. The summed E-state index contributed by atoms with van der Waals surface area (Å²) in [6.45, 7) is 0. The van der Waals surface area contributed by atoms with Crippen molar-refractivity contribution in [2.24, 2.45) is 0 Å². The third kappa shape index (κ3) is 12.8. The SMILES string of the molecule is c1ccc(-n2c3ccc(-c4ccc5c(c4)c4ccccc4n5-c4ccc5ccccc5c4)cc3c3c4c(ccc32)oc2ccccc24)cc1.c1ccc(-n2c3ccc(-c4ccc5c(c4)c4ccccc4n5-c4ccc5ccccc5c4)cc3c3c4oc5ccccc5c4ccc32)cc1.c1ccc(-n2c3ccc(-c4ccc5c(c4)c4ccccc4n5-c4ccc5ccccc5c4)cc3c3cc4oc5ccccc5c4cc32)cc1. The number of para-hydroxylation sites is 9. The largest absolute Gasteiger partial charge is 0.456 e. The molecule has 9 aromatic heterocycles. The predicted octanol–water partition coefficient (Wildman–Crippen LogP) is 37.8. The number of hydrogen-bond donors (Lipinski definition) is 0. The molecule has 0 atom stereocenters. The quantitative estimate of drug-likeness (QED) is 0.145. The topological polar surface area (TPSA) is 69.0 Å². The summed E-state index contributed by atoms with van der Waals surface area (Å²) < 4.78 is 33.7. The van der Waals surface area contributed by atoms with E-state index in [2.05, 4.69) is 519 Å². The van der Waals surface area contributed by atoms with E-state index in [-0.39, 0.29) is 0 Å². The molecule has 0 aliphatic carbocycles. The lowest BCUT2D eigenvalue weighted by Gasteiger charge is -2.10. The van der Waals surface area contributed by atoms with E-state index in [9.17, 15) is 0 Å². The lowest BCUT2D eigenvalue weighted by molar-refractivity contribution is 0.669. The number of nitrogens with zero attached hydrogens (tertiary/aromatic N) is 6. The zero-order valence-electron chi connectivity index (χ0n) is 79.4. The van der Waals surface area contributed by atoms with Crippen LogP contribution in [0, 0.1) is 0 Å². The van der Waals surface area contributed by atoms with Crippen molar-refractivity contribution in [2.75, 3.05) is 0 Å². The molecule has 0 aliphatic rings. The molecule has 0 amide bonds. The van der Waals surface area contributed by atoms with Crippen LogP contribution in [0.2, 0.25) is 0 Å². The highest BCUT2D eigenvalue weighted by atomic mass is 16.3. The van der Waals surface area contributed by atoms with Gasteiger partial charge in [0.15, 0.2) is 0 Å². The van der Waals surface area contributed by atoms with Gasteiger partial charge in [0.05, 0.1) is 71.6 Å². The summed E-state index contributed by atoms with van der Waals surface area (Å²) in [5.74, 6) is 0. The Balaban J connectivity index is 0.0000000999. The molecule has 9 heterocycles. The second-order valence-corrected chi connectivity index (χ2v) is 38.9. The molecule has 147 heavy (non-hydrogen) atoms. The number of rotatable bonds is 9. The minimum atomic E-state index is 0.911. The first-order chi connectivity index (χ1) is 72.9. The van der Waals surface area contributed by atoms with Crippen molar-refractivity contribution in [2.45, 2.75) is 0 Å². The Hall–Kier alpha value is -19.7. The molecule has 0 aliphatic heterocycles. The lowest BCUT2D eigenvalue weighted by atomic mass is 9.99. The minimum absolute atomic E-state index is 0.911. The average Bonchev–Trinajstić information content (AvgIpc) is 1.51. The van der Waals surface area contributed by atoms with Crippen molar-refractivity contribution >= 4 is 229 Å². The van der Waals surface area contributed by atoms with Gasteiger partial charge in [-0.15, -0.1) is 0 Å². The van der Waals surface area contributed by atoms with Crippen LogP contribution in [0.15, 0.2) is 523 Å². The van der Waals surface area contributed by atoms with Gasteiger partial charge >= 0.3 is 0 Å². The Bertz CT molecular complexity index is 11300. The van der Waals surface area contributed by atoms with Gasteiger partial charge in [0.25, 0.3) is 0 Å². The summed E-state index contributed by atoms with van der Waals surface area (Å²) in [5, 5.41) is 29.0. The molecule has 9 heteroatoms. The van der Waals surface area contributed by atoms with Gasteiger partial charge in [-0.3, -0.25) is 0 Å². The molecule has 0 saturated carbocycles. The first-order valence-corrected chi connectivity index (χ1v) is 50.3. The van der Waals surface area contributed by atoms with Gasteiger partial charge in [0, 0.05) is 126 Å². The Morgan fingerprint density at radius 3 is 0.837 bits per heavy atom. The Kier molecular flexibility index (Phi) is 18.1. The summed E-state index contributed by atoms with van der Waals surface area (Å²) in [5.41, 5.74) is 33.8. The summed E-state index contributed by atoms with van der Waals surface area (Å²) >= 11 is 0. The average molecular weight is 1870 g/mol. The predicted molar refractivity (Wildman–Crippen MR) is 616 cm³/mol. The van der Waals surface area contributed by atoms with Gasteiger partial charge in [0.1, 0.15) is 33.5 Å². The van der Waals surface area contributed by atoms with Crippen molar-refractivity contribution in [1.29, 1.82) is 0 Å². The van der Waals surface area contributed by atoms with Crippen molar-refractivity contribution < 1.29 is 13.3 Å².